The van der Waals surface area contributed by atoms with Crippen LogP contribution >= 0.6 is 0 Å². The number of benzene rings is 2. The second kappa shape index (κ2) is 7.79. The monoisotopic (exact) mass is 426 g/mol. The topological polar surface area (TPSA) is 57.7 Å². The molecule has 29 heavy (non-hydrogen) atoms. The summed E-state index contributed by atoms with van der Waals surface area (Å²) in [5.74, 6) is -0.182. The molecule has 1 aliphatic heterocycles. The Morgan fingerprint density at radius 3 is 2.21 bits per heavy atom. The first-order chi connectivity index (χ1) is 13.5. The first-order valence-electron chi connectivity index (χ1n) is 9.04. The van der Waals surface area contributed by atoms with Crippen molar-refractivity contribution in [2.75, 3.05) is 26.2 Å². The van der Waals surface area contributed by atoms with E-state index in [0.717, 1.165) is 33.6 Å². The number of alkyl halides is 3. The Balaban J connectivity index is 1.74. The van der Waals surface area contributed by atoms with Crippen LogP contribution in [0.5, 0.6) is 0 Å². The number of nitrogens with zero attached hydrogens (tertiary/aromatic N) is 2. The van der Waals surface area contributed by atoms with E-state index in [0.29, 0.717) is 11.6 Å². The molecule has 0 unspecified atom stereocenters. The molecule has 1 fully saturated rings. The van der Waals surface area contributed by atoms with Gasteiger partial charge in [0.15, 0.2) is 0 Å². The highest BCUT2D eigenvalue weighted by molar-refractivity contribution is 7.89. The van der Waals surface area contributed by atoms with E-state index in [1.807, 2.05) is 26.0 Å². The van der Waals surface area contributed by atoms with Crippen LogP contribution in [-0.2, 0) is 16.2 Å². The quantitative estimate of drug-likeness (QED) is 0.755. The van der Waals surface area contributed by atoms with Crippen LogP contribution in [0.4, 0.5) is 13.2 Å². The third-order valence-corrected chi connectivity index (χ3v) is 6.83. The fraction of sp³-hybridized carbons (Fsp3) is 0.350. The molecule has 0 bridgehead atoms. The molecular formula is C20H21F3N2O3S. The summed E-state index contributed by atoms with van der Waals surface area (Å²) in [6, 6.07) is 9.20. The van der Waals surface area contributed by atoms with Crippen LogP contribution < -0.4 is 0 Å². The molecule has 0 N–H and O–H groups in total. The Morgan fingerprint density at radius 2 is 1.62 bits per heavy atom. The second-order valence-electron chi connectivity index (χ2n) is 7.04. The van der Waals surface area contributed by atoms with Gasteiger partial charge in [0.2, 0.25) is 10.0 Å². The van der Waals surface area contributed by atoms with E-state index in [4.69, 9.17) is 0 Å². The van der Waals surface area contributed by atoms with Gasteiger partial charge < -0.3 is 4.90 Å². The van der Waals surface area contributed by atoms with Crippen molar-refractivity contribution in [2.24, 2.45) is 0 Å². The van der Waals surface area contributed by atoms with Crippen molar-refractivity contribution >= 4 is 15.9 Å². The van der Waals surface area contributed by atoms with Gasteiger partial charge in [-0.25, -0.2) is 8.42 Å². The predicted octanol–water partition coefficient (Wildman–Crippen LogP) is 3.47. The Labute approximate surface area is 167 Å². The number of hydrogen-bond acceptors (Lipinski definition) is 3. The maximum Gasteiger partial charge on any atom is 0.416 e. The van der Waals surface area contributed by atoms with Crippen molar-refractivity contribution in [3.05, 3.63) is 64.7 Å². The molecule has 0 saturated carbocycles. The Kier molecular flexibility index (Phi) is 5.73. The number of piperazine rings is 1. The van der Waals surface area contributed by atoms with Crippen molar-refractivity contribution in [3.63, 3.8) is 0 Å². The summed E-state index contributed by atoms with van der Waals surface area (Å²) in [5, 5.41) is 0. The zero-order valence-electron chi connectivity index (χ0n) is 16.0. The Bertz CT molecular complexity index is 1030. The maximum atomic E-state index is 12.9. The number of sulfonamides is 1. The molecule has 9 heteroatoms. The molecule has 1 aliphatic rings. The van der Waals surface area contributed by atoms with E-state index in [1.165, 1.54) is 0 Å². The lowest BCUT2D eigenvalue weighted by atomic mass is 10.0. The number of aryl methyl sites for hydroxylation is 2. The predicted molar refractivity (Wildman–Crippen MR) is 102 cm³/mol. The average Bonchev–Trinajstić information content (AvgIpc) is 2.67. The molecule has 2 aromatic carbocycles. The van der Waals surface area contributed by atoms with Crippen LogP contribution in [0.3, 0.4) is 0 Å². The van der Waals surface area contributed by atoms with E-state index >= 15 is 0 Å². The van der Waals surface area contributed by atoms with Gasteiger partial charge in [-0.1, -0.05) is 23.8 Å². The highest BCUT2D eigenvalue weighted by Crippen LogP contribution is 2.31. The van der Waals surface area contributed by atoms with Gasteiger partial charge in [0.25, 0.3) is 5.91 Å². The van der Waals surface area contributed by atoms with Crippen LogP contribution in [0.2, 0.25) is 0 Å². The maximum absolute atomic E-state index is 12.9. The van der Waals surface area contributed by atoms with Crippen molar-refractivity contribution in [1.82, 2.24) is 9.21 Å². The SMILES string of the molecule is Cc1ccc(C(=O)N2CCN(S(=O)(=O)c3cccc(C(F)(F)F)c3)CC2)c(C)c1. The van der Waals surface area contributed by atoms with Gasteiger partial charge in [0.05, 0.1) is 10.5 Å². The molecule has 0 radical (unpaired) electrons. The van der Waals surface area contributed by atoms with Crippen LogP contribution in [0, 0.1) is 13.8 Å². The lowest BCUT2D eigenvalue weighted by Crippen LogP contribution is -2.50. The van der Waals surface area contributed by atoms with Gasteiger partial charge in [-0.2, -0.15) is 17.5 Å². The number of carbonyl (C=O) groups excluding carboxylic acids is 1. The third-order valence-electron chi connectivity index (χ3n) is 4.94. The summed E-state index contributed by atoms with van der Waals surface area (Å²) in [7, 11) is -4.08. The fourth-order valence-electron chi connectivity index (χ4n) is 3.34. The molecule has 1 heterocycles. The Morgan fingerprint density at radius 1 is 0.966 bits per heavy atom. The summed E-state index contributed by atoms with van der Waals surface area (Å²) < 4.78 is 65.4. The standard InChI is InChI=1S/C20H21F3N2O3S/c1-14-6-7-18(15(2)12-14)19(26)24-8-10-25(11-9-24)29(27,28)17-5-3-4-16(13-17)20(21,22)23/h3-7,12-13H,8-11H2,1-2H3. The second-order valence-corrected chi connectivity index (χ2v) is 8.98. The van der Waals surface area contributed by atoms with E-state index in [2.05, 4.69) is 0 Å². The smallest absolute Gasteiger partial charge is 0.336 e. The van der Waals surface area contributed by atoms with Gasteiger partial charge in [-0.05, 0) is 43.7 Å². The molecular weight excluding hydrogens is 405 g/mol. The molecule has 5 nitrogen and oxygen atoms in total. The molecule has 156 valence electrons. The summed E-state index contributed by atoms with van der Waals surface area (Å²) in [6.45, 7) is 4.16. The van der Waals surface area contributed by atoms with Crippen molar-refractivity contribution in [2.45, 2.75) is 24.9 Å². The molecule has 0 aromatic heterocycles. The average molecular weight is 426 g/mol. The number of carbonyl (C=O) groups is 1. The molecule has 1 amide bonds. The Hall–Kier alpha value is -2.39. The molecule has 0 aliphatic carbocycles. The zero-order valence-corrected chi connectivity index (χ0v) is 16.8. The molecule has 0 atom stereocenters. The minimum atomic E-state index is -4.62. The normalized spacial score (nSPS) is 16.1. The molecule has 1 saturated heterocycles. The number of rotatable bonds is 3. The van der Waals surface area contributed by atoms with E-state index in [-0.39, 0.29) is 32.1 Å². The van der Waals surface area contributed by atoms with E-state index in [1.54, 1.807) is 11.0 Å². The first-order valence-corrected chi connectivity index (χ1v) is 10.5. The summed E-state index contributed by atoms with van der Waals surface area (Å²) in [5.41, 5.74) is 1.43. The van der Waals surface area contributed by atoms with E-state index < -0.39 is 26.7 Å². The van der Waals surface area contributed by atoms with Crippen LogP contribution in [0.25, 0.3) is 0 Å². The minimum absolute atomic E-state index is 0.0230. The van der Waals surface area contributed by atoms with Crippen LogP contribution in [-0.4, -0.2) is 49.7 Å². The lowest BCUT2D eigenvalue weighted by Gasteiger charge is -2.34. The molecule has 2 aromatic rings. The van der Waals surface area contributed by atoms with Gasteiger partial charge in [-0.15, -0.1) is 0 Å². The molecule has 3 rings (SSSR count). The number of halogens is 3. The van der Waals surface area contributed by atoms with Crippen LogP contribution in [0.15, 0.2) is 47.4 Å². The van der Waals surface area contributed by atoms with E-state index in [9.17, 15) is 26.4 Å². The number of amides is 1. The fourth-order valence-corrected chi connectivity index (χ4v) is 4.81. The summed E-state index contributed by atoms with van der Waals surface area (Å²) in [4.78, 5) is 13.9. The molecule has 0 spiro atoms. The van der Waals surface area contributed by atoms with Crippen LogP contribution in [0.1, 0.15) is 27.0 Å². The van der Waals surface area contributed by atoms with Gasteiger partial charge in [0, 0.05) is 31.7 Å². The minimum Gasteiger partial charge on any atom is -0.336 e. The van der Waals surface area contributed by atoms with Gasteiger partial charge in [-0.3, -0.25) is 4.79 Å². The summed E-state index contributed by atoms with van der Waals surface area (Å²) >= 11 is 0. The summed E-state index contributed by atoms with van der Waals surface area (Å²) in [6.07, 6.45) is -4.62. The lowest BCUT2D eigenvalue weighted by molar-refractivity contribution is -0.137. The number of hydrogen-bond donors (Lipinski definition) is 0. The largest absolute Gasteiger partial charge is 0.416 e. The van der Waals surface area contributed by atoms with Crippen molar-refractivity contribution < 1.29 is 26.4 Å². The van der Waals surface area contributed by atoms with Gasteiger partial charge >= 0.3 is 6.18 Å². The highest BCUT2D eigenvalue weighted by Gasteiger charge is 2.34. The first kappa shape index (κ1) is 21.3. The van der Waals surface area contributed by atoms with Crippen molar-refractivity contribution in [3.8, 4) is 0 Å². The highest BCUT2D eigenvalue weighted by atomic mass is 32.2. The van der Waals surface area contributed by atoms with Crippen molar-refractivity contribution in [1.29, 1.82) is 0 Å². The third kappa shape index (κ3) is 4.45. The van der Waals surface area contributed by atoms with Gasteiger partial charge in [0.1, 0.15) is 0 Å². The zero-order chi connectivity index (χ0) is 21.4.